The summed E-state index contributed by atoms with van der Waals surface area (Å²) in [6, 6.07) is 12.9. The predicted molar refractivity (Wildman–Crippen MR) is 255 cm³/mol. The second-order valence-electron chi connectivity index (χ2n) is 18.9. The van der Waals surface area contributed by atoms with Gasteiger partial charge in [0.15, 0.2) is 6.73 Å². The van der Waals surface area contributed by atoms with Gasteiger partial charge in [-0.15, -0.1) is 0 Å². The molecule has 0 unspecified atom stereocenters. The van der Waals surface area contributed by atoms with Gasteiger partial charge in [-0.3, -0.25) is 24.1 Å². The summed E-state index contributed by atoms with van der Waals surface area (Å²) in [4.78, 5) is 78.3. The summed E-state index contributed by atoms with van der Waals surface area (Å²) in [5, 5.41) is 12.9. The molecule has 4 aromatic rings. The first-order valence-electron chi connectivity index (χ1n) is 24.3. The molecule has 0 saturated carbocycles. The molecule has 3 aliphatic rings. The van der Waals surface area contributed by atoms with Gasteiger partial charge < -0.3 is 39.8 Å². The molecule has 7 rings (SSSR count). The lowest BCUT2D eigenvalue weighted by molar-refractivity contribution is -0.149. The van der Waals surface area contributed by atoms with Crippen LogP contribution in [0.25, 0.3) is 21.8 Å². The number of ether oxygens (including phenoxy) is 2. The number of esters is 2. The number of aromatic nitrogens is 3. The van der Waals surface area contributed by atoms with Crippen LogP contribution < -0.4 is 16.2 Å². The number of piperidine rings is 2. The molecule has 0 spiro atoms. The van der Waals surface area contributed by atoms with Crippen LogP contribution in [0.5, 0.6) is 0 Å². The molecule has 3 aliphatic heterocycles. The van der Waals surface area contributed by atoms with Crippen LogP contribution in [0.4, 0.5) is 4.79 Å². The summed E-state index contributed by atoms with van der Waals surface area (Å²) < 4.78 is 12.6. The van der Waals surface area contributed by atoms with Crippen molar-refractivity contribution in [3.63, 3.8) is 0 Å². The second-order valence-corrected chi connectivity index (χ2v) is 18.9. The number of piperazine rings is 1. The normalized spacial score (nSPS) is 17.9. The monoisotopic (exact) mass is 910 g/mol. The number of urea groups is 1. The average molecular weight is 910 g/mol. The SMILES string of the molecule is CCN[C@H](C(=O)OCCCCCC(=O)OCn1cc2cc(C[C@@H](NC(=O)N3CCC(c4cc5ccccc5[nH]c4=O)CC3)C(=O)N3CCN(C4CCN(C)CC4)CC3)cc(C)c2n1)C(C)C. The smallest absolute Gasteiger partial charge is 0.323 e. The van der Waals surface area contributed by atoms with Gasteiger partial charge in [0, 0.05) is 80.8 Å². The standard InChI is InChI=1S/C50H71N9O7/c1-6-51-45(34(2)3)49(63)65-27-11-7-8-14-44(60)66-33-59-32-39-29-36(28-35(4)46(39)54-59)30-43(48(62)57-25-23-56(24-26-57)40-17-19-55(5)20-18-40)53-50(64)58-21-15-37(16-22-58)41-31-38-12-9-10-13-42(38)52-47(41)61/h9-10,12-13,28-29,31-32,34,37,40,43,45,51H,6-8,11,14-27,30,33H2,1-5H3,(H,52,61)(H,53,64)/t43-,45+/m1/s1. The van der Waals surface area contributed by atoms with Gasteiger partial charge in [0.1, 0.15) is 12.1 Å². The third kappa shape index (κ3) is 12.6. The maximum Gasteiger partial charge on any atom is 0.323 e. The van der Waals surface area contributed by atoms with Crippen LogP contribution in [0.15, 0.2) is 53.5 Å². The Bertz CT molecular complexity index is 2340. The number of nitrogens with one attached hydrogen (secondary N) is 3. The Kier molecular flexibility index (Phi) is 16.9. The summed E-state index contributed by atoms with van der Waals surface area (Å²) >= 11 is 0. The molecule has 2 aromatic carbocycles. The largest absolute Gasteiger partial charge is 0.465 e. The van der Waals surface area contributed by atoms with Gasteiger partial charge >= 0.3 is 18.0 Å². The van der Waals surface area contributed by atoms with Crippen LogP contribution in [-0.2, 0) is 37.0 Å². The highest BCUT2D eigenvalue weighted by Gasteiger charge is 2.34. The minimum absolute atomic E-state index is 0.0283. The number of hydrogen-bond donors (Lipinski definition) is 3. The van der Waals surface area contributed by atoms with E-state index in [0.29, 0.717) is 77.5 Å². The number of benzene rings is 2. The molecule has 3 N–H and O–H groups in total. The first-order chi connectivity index (χ1) is 31.9. The number of unbranched alkanes of at least 4 members (excludes halogenated alkanes) is 2. The van der Waals surface area contributed by atoms with Crippen molar-refractivity contribution in [2.45, 2.75) is 116 Å². The molecule has 2 atom stereocenters. The first kappa shape index (κ1) is 48.6. The van der Waals surface area contributed by atoms with Gasteiger partial charge in [0.2, 0.25) is 5.91 Å². The van der Waals surface area contributed by atoms with Gasteiger partial charge in [0.25, 0.3) is 5.56 Å². The maximum absolute atomic E-state index is 14.5. The van der Waals surface area contributed by atoms with E-state index in [4.69, 9.17) is 14.6 Å². The molecule has 0 bridgehead atoms. The fourth-order valence-corrected chi connectivity index (χ4v) is 9.88. The number of amides is 3. The van der Waals surface area contributed by atoms with E-state index in [1.165, 1.54) is 0 Å². The zero-order chi connectivity index (χ0) is 46.7. The van der Waals surface area contributed by atoms with Crippen molar-refractivity contribution >= 4 is 45.7 Å². The van der Waals surface area contributed by atoms with Crippen LogP contribution in [0, 0.1) is 12.8 Å². The molecule has 358 valence electrons. The number of pyridine rings is 1. The van der Waals surface area contributed by atoms with Gasteiger partial charge in [0.05, 0.1) is 12.1 Å². The maximum atomic E-state index is 14.5. The third-order valence-corrected chi connectivity index (χ3v) is 13.7. The summed E-state index contributed by atoms with van der Waals surface area (Å²) in [7, 11) is 2.17. The van der Waals surface area contributed by atoms with Crippen molar-refractivity contribution in [3.05, 3.63) is 75.7 Å². The molecule has 3 saturated heterocycles. The number of likely N-dealkylation sites (tertiary alicyclic amines) is 2. The van der Waals surface area contributed by atoms with Gasteiger partial charge in [-0.05, 0) is 125 Å². The van der Waals surface area contributed by atoms with Crippen molar-refractivity contribution in [1.29, 1.82) is 0 Å². The Morgan fingerprint density at radius 2 is 1.61 bits per heavy atom. The summed E-state index contributed by atoms with van der Waals surface area (Å²) in [6.07, 6.45) is 7.98. The molecule has 16 nitrogen and oxygen atoms in total. The van der Waals surface area contributed by atoms with Crippen LogP contribution >= 0.6 is 0 Å². The van der Waals surface area contributed by atoms with Crippen molar-refractivity contribution in [1.82, 2.24) is 45.0 Å². The van der Waals surface area contributed by atoms with Crippen LogP contribution in [0.3, 0.4) is 0 Å². The molecule has 3 fully saturated rings. The number of aryl methyl sites for hydroxylation is 1. The molecule has 66 heavy (non-hydrogen) atoms. The van der Waals surface area contributed by atoms with E-state index < -0.39 is 6.04 Å². The van der Waals surface area contributed by atoms with Crippen LogP contribution in [-0.4, -0.2) is 149 Å². The zero-order valence-electron chi connectivity index (χ0n) is 39.7. The highest BCUT2D eigenvalue weighted by molar-refractivity contribution is 5.88. The van der Waals surface area contributed by atoms with Crippen LogP contribution in [0.2, 0.25) is 0 Å². The third-order valence-electron chi connectivity index (χ3n) is 13.7. The van der Waals surface area contributed by atoms with E-state index in [0.717, 1.165) is 83.9 Å². The van der Waals surface area contributed by atoms with Crippen molar-refractivity contribution in [2.75, 3.05) is 72.6 Å². The number of nitrogens with zero attached hydrogens (tertiary/aromatic N) is 6. The lowest BCUT2D eigenvalue weighted by Gasteiger charge is -2.43. The summed E-state index contributed by atoms with van der Waals surface area (Å²) in [5.74, 6) is -0.493. The second kappa shape index (κ2) is 22.9. The van der Waals surface area contributed by atoms with Gasteiger partial charge in [-0.25, -0.2) is 9.48 Å². The topological polar surface area (TPSA) is 174 Å². The van der Waals surface area contributed by atoms with Crippen molar-refractivity contribution < 1.29 is 28.7 Å². The molecule has 3 amide bonds. The first-order valence-corrected chi connectivity index (χ1v) is 24.3. The van der Waals surface area contributed by atoms with E-state index in [-0.39, 0.29) is 60.5 Å². The summed E-state index contributed by atoms with van der Waals surface area (Å²) in [6.45, 7) is 14.8. The number of para-hydroxylation sites is 1. The van der Waals surface area contributed by atoms with E-state index in [9.17, 15) is 24.0 Å². The Morgan fingerprint density at radius 1 is 0.864 bits per heavy atom. The molecular weight excluding hydrogens is 839 g/mol. The quantitative estimate of drug-likeness (QED) is 0.0889. The molecule has 2 aromatic heterocycles. The Morgan fingerprint density at radius 3 is 2.33 bits per heavy atom. The van der Waals surface area contributed by atoms with Gasteiger partial charge in [-0.1, -0.05) is 45.0 Å². The number of likely N-dealkylation sites (N-methyl/N-ethyl adjacent to an activating group) is 1. The highest BCUT2D eigenvalue weighted by atomic mass is 16.5. The number of hydrogen-bond acceptors (Lipinski definition) is 11. The fourth-order valence-electron chi connectivity index (χ4n) is 9.88. The molecule has 16 heteroatoms. The number of carbonyl (C=O) groups excluding carboxylic acids is 4. The number of H-pyrrole nitrogens is 1. The Balaban J connectivity index is 0.953. The molecule has 0 radical (unpaired) electrons. The minimum atomic E-state index is -0.789. The molecule has 5 heterocycles. The minimum Gasteiger partial charge on any atom is -0.465 e. The van der Waals surface area contributed by atoms with Crippen molar-refractivity contribution in [3.8, 4) is 0 Å². The predicted octanol–water partition coefficient (Wildman–Crippen LogP) is 5.16. The fraction of sp³-hybridized carbons (Fsp3) is 0.600. The van der Waals surface area contributed by atoms with E-state index in [2.05, 4.69) is 32.5 Å². The van der Waals surface area contributed by atoms with E-state index in [1.54, 1.807) is 9.58 Å². The summed E-state index contributed by atoms with van der Waals surface area (Å²) in [5.41, 5.74) is 4.04. The Hall–Kier alpha value is -5.32. The number of aromatic amines is 1. The highest BCUT2D eigenvalue weighted by Crippen LogP contribution is 2.28. The van der Waals surface area contributed by atoms with E-state index in [1.807, 2.05) is 81.3 Å². The Labute approximate surface area is 388 Å². The lowest BCUT2D eigenvalue weighted by Crippen LogP contribution is -2.59. The number of rotatable bonds is 18. The average Bonchev–Trinajstić information content (AvgIpc) is 3.74. The van der Waals surface area contributed by atoms with Crippen LogP contribution in [0.1, 0.15) is 94.7 Å². The zero-order valence-corrected chi connectivity index (χ0v) is 39.7. The number of fused-ring (bicyclic) bond motifs is 2. The van der Waals surface area contributed by atoms with Gasteiger partial charge in [-0.2, -0.15) is 5.10 Å². The molecular formula is C50H71N9O7. The molecule has 0 aliphatic carbocycles. The lowest BCUT2D eigenvalue weighted by atomic mass is 9.89. The van der Waals surface area contributed by atoms with E-state index >= 15 is 0 Å². The number of carbonyl (C=O) groups is 4. The van der Waals surface area contributed by atoms with Crippen molar-refractivity contribution in [2.24, 2.45) is 5.92 Å².